The minimum atomic E-state index is -0.108. The summed E-state index contributed by atoms with van der Waals surface area (Å²) >= 11 is 0. The predicted molar refractivity (Wildman–Crippen MR) is 90.6 cm³/mol. The van der Waals surface area contributed by atoms with Gasteiger partial charge in [-0.25, -0.2) is 0 Å². The van der Waals surface area contributed by atoms with Gasteiger partial charge in [-0.3, -0.25) is 4.79 Å². The van der Waals surface area contributed by atoms with E-state index in [1.807, 2.05) is 12.1 Å². The van der Waals surface area contributed by atoms with Crippen molar-refractivity contribution in [1.29, 1.82) is 0 Å². The normalized spacial score (nSPS) is 47.6. The molecular formula is C20H27NO4. The first-order valence-corrected chi connectivity index (χ1v) is 9.66. The number of nitrogens with one attached hydrogen (secondary N) is 1. The standard InChI is InChI=1S/C20H27NO4/c1-12-5-3-7-19(2)9-15-16(17-20(12,19)25-17)14(18(22)24-15)11-21-10-13-6-4-8-23-13/h4,6,8,12,14-17,21H,3,5,7,9-11H2,1-2H3/t12-,14-,15-,16+,17+,19+,20-/m1/s1. The third kappa shape index (κ3) is 2.12. The highest BCUT2D eigenvalue weighted by Gasteiger charge is 2.78. The van der Waals surface area contributed by atoms with Gasteiger partial charge in [0.2, 0.25) is 0 Å². The summed E-state index contributed by atoms with van der Waals surface area (Å²) in [6.45, 7) is 5.95. The maximum atomic E-state index is 12.5. The zero-order chi connectivity index (χ0) is 17.2. The molecule has 0 radical (unpaired) electrons. The van der Waals surface area contributed by atoms with Gasteiger partial charge in [0.15, 0.2) is 0 Å². The average Bonchev–Trinajstić information content (AvgIpc) is 2.97. The van der Waals surface area contributed by atoms with Crippen LogP contribution in [0.15, 0.2) is 22.8 Å². The first kappa shape index (κ1) is 15.9. The minimum absolute atomic E-state index is 0.0142. The second kappa shape index (κ2) is 5.34. The fourth-order valence-corrected chi connectivity index (χ4v) is 6.23. The summed E-state index contributed by atoms with van der Waals surface area (Å²) in [7, 11) is 0. The molecule has 1 aromatic rings. The lowest BCUT2D eigenvalue weighted by Crippen LogP contribution is -2.54. The number of rotatable bonds is 4. The van der Waals surface area contributed by atoms with Crippen LogP contribution in [-0.2, 0) is 20.8 Å². The summed E-state index contributed by atoms with van der Waals surface area (Å²) in [5.74, 6) is 1.50. The Labute approximate surface area is 148 Å². The van der Waals surface area contributed by atoms with Gasteiger partial charge in [0.1, 0.15) is 17.5 Å². The van der Waals surface area contributed by atoms with Crippen LogP contribution >= 0.6 is 0 Å². The van der Waals surface area contributed by atoms with E-state index in [0.717, 1.165) is 12.2 Å². The van der Waals surface area contributed by atoms with E-state index in [-0.39, 0.29) is 41.0 Å². The third-order valence-corrected chi connectivity index (χ3v) is 7.44. The van der Waals surface area contributed by atoms with Gasteiger partial charge in [0.25, 0.3) is 0 Å². The van der Waals surface area contributed by atoms with Crippen molar-refractivity contribution in [3.05, 3.63) is 24.2 Å². The summed E-state index contributed by atoms with van der Waals surface area (Å²) in [6.07, 6.45) is 6.53. The van der Waals surface area contributed by atoms with Gasteiger partial charge in [-0.1, -0.05) is 20.3 Å². The molecule has 7 atom stereocenters. The number of hydrogen-bond donors (Lipinski definition) is 1. The van der Waals surface area contributed by atoms with Gasteiger partial charge in [0, 0.05) is 17.9 Å². The van der Waals surface area contributed by atoms with Crippen LogP contribution in [0.3, 0.4) is 0 Å². The van der Waals surface area contributed by atoms with Gasteiger partial charge in [0.05, 0.1) is 24.8 Å². The summed E-state index contributed by atoms with van der Waals surface area (Å²) < 4.78 is 17.6. The quantitative estimate of drug-likeness (QED) is 0.671. The van der Waals surface area contributed by atoms with Crippen molar-refractivity contribution >= 4 is 5.97 Å². The molecule has 2 saturated heterocycles. The Bertz CT molecular complexity index is 673. The number of carbonyl (C=O) groups is 1. The molecule has 1 aromatic heterocycles. The highest BCUT2D eigenvalue weighted by Crippen LogP contribution is 2.70. The van der Waals surface area contributed by atoms with E-state index in [1.165, 1.54) is 19.3 Å². The topological polar surface area (TPSA) is 64.0 Å². The van der Waals surface area contributed by atoms with Crippen molar-refractivity contribution in [3.63, 3.8) is 0 Å². The van der Waals surface area contributed by atoms with Gasteiger partial charge in [-0.2, -0.15) is 0 Å². The summed E-state index contributed by atoms with van der Waals surface area (Å²) in [4.78, 5) is 12.5. The number of esters is 1. The van der Waals surface area contributed by atoms with Crippen molar-refractivity contribution in [2.24, 2.45) is 23.2 Å². The lowest BCUT2D eigenvalue weighted by molar-refractivity contribution is -0.146. The molecule has 3 heterocycles. The van der Waals surface area contributed by atoms with Crippen LogP contribution in [0.5, 0.6) is 0 Å². The van der Waals surface area contributed by atoms with E-state index < -0.39 is 0 Å². The molecule has 0 bridgehead atoms. The lowest BCUT2D eigenvalue weighted by Gasteiger charge is -2.48. The van der Waals surface area contributed by atoms with Crippen LogP contribution in [0.4, 0.5) is 0 Å². The maximum Gasteiger partial charge on any atom is 0.311 e. The number of hydrogen-bond acceptors (Lipinski definition) is 5. The second-order valence-corrected chi connectivity index (χ2v) is 8.76. The van der Waals surface area contributed by atoms with Crippen molar-refractivity contribution in [2.75, 3.05) is 6.54 Å². The number of fused-ring (bicyclic) bond motifs is 2. The van der Waals surface area contributed by atoms with Gasteiger partial charge < -0.3 is 19.2 Å². The molecule has 5 heteroatoms. The largest absolute Gasteiger partial charge is 0.468 e. The molecule has 0 amide bonds. The summed E-state index contributed by atoms with van der Waals surface area (Å²) in [5, 5.41) is 3.37. The molecule has 2 aliphatic carbocycles. The van der Waals surface area contributed by atoms with Crippen molar-refractivity contribution in [2.45, 2.75) is 63.9 Å². The molecule has 1 N–H and O–H groups in total. The molecule has 2 aliphatic heterocycles. The molecule has 4 aliphatic rings. The molecule has 5 rings (SSSR count). The van der Waals surface area contributed by atoms with Gasteiger partial charge >= 0.3 is 5.97 Å². The highest BCUT2D eigenvalue weighted by molar-refractivity contribution is 5.76. The Balaban J connectivity index is 1.33. The molecule has 0 unspecified atom stereocenters. The lowest BCUT2D eigenvalue weighted by atomic mass is 9.53. The van der Waals surface area contributed by atoms with Crippen LogP contribution < -0.4 is 5.32 Å². The molecule has 2 saturated carbocycles. The zero-order valence-corrected chi connectivity index (χ0v) is 15.0. The highest BCUT2D eigenvalue weighted by atomic mass is 16.6. The maximum absolute atomic E-state index is 12.5. The van der Waals surface area contributed by atoms with Crippen LogP contribution in [0.2, 0.25) is 0 Å². The second-order valence-electron chi connectivity index (χ2n) is 8.76. The van der Waals surface area contributed by atoms with Crippen LogP contribution in [0.25, 0.3) is 0 Å². The van der Waals surface area contributed by atoms with Crippen molar-refractivity contribution in [1.82, 2.24) is 5.32 Å². The van der Waals surface area contributed by atoms with E-state index >= 15 is 0 Å². The minimum Gasteiger partial charge on any atom is -0.468 e. The van der Waals surface area contributed by atoms with E-state index in [9.17, 15) is 4.79 Å². The molecule has 0 aromatic carbocycles. The Morgan fingerprint density at radius 1 is 1.40 bits per heavy atom. The molecule has 25 heavy (non-hydrogen) atoms. The summed E-state index contributed by atoms with van der Waals surface area (Å²) in [6, 6.07) is 3.82. The Morgan fingerprint density at radius 2 is 2.28 bits per heavy atom. The first-order valence-electron chi connectivity index (χ1n) is 9.66. The number of furan rings is 1. The third-order valence-electron chi connectivity index (χ3n) is 7.44. The van der Waals surface area contributed by atoms with Crippen LogP contribution in [-0.4, -0.2) is 30.3 Å². The number of epoxide rings is 1. The van der Waals surface area contributed by atoms with Crippen LogP contribution in [0.1, 0.15) is 45.3 Å². The number of ether oxygens (including phenoxy) is 2. The smallest absolute Gasteiger partial charge is 0.311 e. The van der Waals surface area contributed by atoms with E-state index in [1.54, 1.807) is 6.26 Å². The molecule has 4 fully saturated rings. The van der Waals surface area contributed by atoms with Crippen LogP contribution in [0, 0.1) is 23.2 Å². The Kier molecular flexibility index (Phi) is 3.39. The van der Waals surface area contributed by atoms with Crippen molar-refractivity contribution in [3.8, 4) is 0 Å². The molecule has 5 nitrogen and oxygen atoms in total. The first-order chi connectivity index (χ1) is 12.1. The van der Waals surface area contributed by atoms with E-state index in [2.05, 4.69) is 19.2 Å². The Hall–Kier alpha value is -1.33. The summed E-state index contributed by atoms with van der Waals surface area (Å²) in [5.41, 5.74) is 0.146. The van der Waals surface area contributed by atoms with Gasteiger partial charge in [-0.05, 0) is 37.3 Å². The van der Waals surface area contributed by atoms with E-state index in [4.69, 9.17) is 13.9 Å². The average molecular weight is 345 g/mol. The Morgan fingerprint density at radius 3 is 3.08 bits per heavy atom. The van der Waals surface area contributed by atoms with Gasteiger partial charge in [-0.15, -0.1) is 0 Å². The number of carbonyl (C=O) groups excluding carboxylic acids is 1. The molecule has 1 spiro atoms. The molecule has 136 valence electrons. The monoisotopic (exact) mass is 345 g/mol. The zero-order valence-electron chi connectivity index (χ0n) is 15.0. The molecular weight excluding hydrogens is 318 g/mol. The van der Waals surface area contributed by atoms with E-state index in [0.29, 0.717) is 19.0 Å². The fourth-order valence-electron chi connectivity index (χ4n) is 6.23. The predicted octanol–water partition coefficient (Wildman–Crippen LogP) is 2.89. The van der Waals surface area contributed by atoms with Crippen molar-refractivity contribution < 1.29 is 18.7 Å². The fraction of sp³-hybridized carbons (Fsp3) is 0.750. The SMILES string of the molecule is C[C@@H]1CCC[C@@]2(C)C[C@H]3OC(=O)[C@H](CNCc4ccco4)[C@@H]3[C@@H]3O[C@]132.